The monoisotopic (exact) mass is 303 g/mol. The molecule has 0 spiro atoms. The number of hydrogen-bond acceptors (Lipinski definition) is 2. The number of nitrogens with zero attached hydrogens (tertiary/aromatic N) is 2. The molecule has 4 nitrogen and oxygen atoms in total. The smallest absolute Gasteiger partial charge is 0.226 e. The van der Waals surface area contributed by atoms with Crippen molar-refractivity contribution in [3.63, 3.8) is 0 Å². The average molecular weight is 303 g/mol. The standard InChI is InChI=1S/C19H17N3O/c23-18-11-16(15-9-5-2-6-10-15)17-12-20-22(19(17)21-18)13-14-7-3-1-4-8-14/h1-10,12,16H,11,13H2,(H,21,23)/t16-/m1/s1. The fourth-order valence-electron chi connectivity index (χ4n) is 3.13. The lowest BCUT2D eigenvalue weighted by molar-refractivity contribution is -0.116. The zero-order chi connectivity index (χ0) is 15.6. The molecule has 1 atom stereocenters. The van der Waals surface area contributed by atoms with Gasteiger partial charge in [0, 0.05) is 17.9 Å². The summed E-state index contributed by atoms with van der Waals surface area (Å²) in [6.07, 6.45) is 2.35. The van der Waals surface area contributed by atoms with Crippen LogP contribution in [0.3, 0.4) is 0 Å². The molecule has 114 valence electrons. The first-order chi connectivity index (χ1) is 11.3. The van der Waals surface area contributed by atoms with Crippen LogP contribution in [0.2, 0.25) is 0 Å². The van der Waals surface area contributed by atoms with E-state index in [1.807, 2.05) is 47.3 Å². The number of benzene rings is 2. The number of anilines is 1. The van der Waals surface area contributed by atoms with E-state index in [0.29, 0.717) is 13.0 Å². The van der Waals surface area contributed by atoms with E-state index < -0.39 is 0 Å². The van der Waals surface area contributed by atoms with Crippen molar-refractivity contribution in [2.75, 3.05) is 5.32 Å². The van der Waals surface area contributed by atoms with Gasteiger partial charge in [0.25, 0.3) is 0 Å². The summed E-state index contributed by atoms with van der Waals surface area (Å²) in [4.78, 5) is 12.2. The summed E-state index contributed by atoms with van der Waals surface area (Å²) in [6.45, 7) is 0.651. The van der Waals surface area contributed by atoms with Crippen LogP contribution in [0.15, 0.2) is 66.9 Å². The molecule has 4 heteroatoms. The van der Waals surface area contributed by atoms with Gasteiger partial charge in [0.15, 0.2) is 0 Å². The summed E-state index contributed by atoms with van der Waals surface area (Å²) >= 11 is 0. The molecule has 3 aromatic rings. The predicted molar refractivity (Wildman–Crippen MR) is 89.3 cm³/mol. The van der Waals surface area contributed by atoms with Crippen molar-refractivity contribution in [3.05, 3.63) is 83.6 Å². The van der Waals surface area contributed by atoms with E-state index in [1.54, 1.807) is 0 Å². The average Bonchev–Trinajstić information content (AvgIpc) is 2.99. The highest BCUT2D eigenvalue weighted by Crippen LogP contribution is 2.36. The predicted octanol–water partition coefficient (Wildman–Crippen LogP) is 3.41. The first kappa shape index (κ1) is 13.8. The Kier molecular flexibility index (Phi) is 3.42. The maximum absolute atomic E-state index is 12.2. The van der Waals surface area contributed by atoms with Crippen molar-refractivity contribution in [2.24, 2.45) is 0 Å². The van der Waals surface area contributed by atoms with Gasteiger partial charge in [-0.15, -0.1) is 0 Å². The summed E-state index contributed by atoms with van der Waals surface area (Å²) in [5.74, 6) is 0.935. The Labute approximate surface area is 134 Å². The summed E-state index contributed by atoms with van der Waals surface area (Å²) in [5, 5.41) is 7.50. The lowest BCUT2D eigenvalue weighted by atomic mass is 9.87. The lowest BCUT2D eigenvalue weighted by Crippen LogP contribution is -2.25. The van der Waals surface area contributed by atoms with Gasteiger partial charge in [0.05, 0.1) is 12.7 Å². The molecular formula is C19H17N3O. The number of amides is 1. The van der Waals surface area contributed by atoms with E-state index >= 15 is 0 Å². The SMILES string of the molecule is O=C1C[C@H](c2ccccc2)c2cnn(Cc3ccccc3)c2N1. The van der Waals surface area contributed by atoms with Crippen LogP contribution in [0.1, 0.15) is 29.0 Å². The quantitative estimate of drug-likeness (QED) is 0.806. The van der Waals surface area contributed by atoms with Gasteiger partial charge in [-0.25, -0.2) is 4.68 Å². The molecule has 4 rings (SSSR count). The molecule has 0 aliphatic carbocycles. The fraction of sp³-hybridized carbons (Fsp3) is 0.158. The van der Waals surface area contributed by atoms with Crippen molar-refractivity contribution >= 4 is 11.7 Å². The minimum absolute atomic E-state index is 0.0427. The van der Waals surface area contributed by atoms with Gasteiger partial charge in [-0.3, -0.25) is 4.79 Å². The Balaban J connectivity index is 1.71. The number of nitrogens with one attached hydrogen (secondary N) is 1. The molecule has 1 N–H and O–H groups in total. The maximum atomic E-state index is 12.2. The van der Waals surface area contributed by atoms with Gasteiger partial charge in [-0.05, 0) is 11.1 Å². The summed E-state index contributed by atoms with van der Waals surface area (Å²) in [6, 6.07) is 20.3. The van der Waals surface area contributed by atoms with Crippen LogP contribution in [-0.2, 0) is 11.3 Å². The zero-order valence-corrected chi connectivity index (χ0v) is 12.6. The summed E-state index contributed by atoms with van der Waals surface area (Å²) in [5.41, 5.74) is 3.41. The maximum Gasteiger partial charge on any atom is 0.226 e. The molecule has 0 saturated heterocycles. The number of hydrogen-bond donors (Lipinski definition) is 1. The topological polar surface area (TPSA) is 46.9 Å². The van der Waals surface area contributed by atoms with Crippen molar-refractivity contribution in [2.45, 2.75) is 18.9 Å². The summed E-state index contributed by atoms with van der Waals surface area (Å²) < 4.78 is 1.87. The molecule has 0 fully saturated rings. The van der Waals surface area contributed by atoms with Gasteiger partial charge in [0.1, 0.15) is 5.82 Å². The third-order valence-electron chi connectivity index (χ3n) is 4.27. The van der Waals surface area contributed by atoms with Gasteiger partial charge in [-0.2, -0.15) is 5.10 Å². The molecule has 0 saturated carbocycles. The van der Waals surface area contributed by atoms with Crippen LogP contribution in [0, 0.1) is 0 Å². The third-order valence-corrected chi connectivity index (χ3v) is 4.27. The molecule has 0 bridgehead atoms. The Hall–Kier alpha value is -2.88. The van der Waals surface area contributed by atoms with E-state index in [2.05, 4.69) is 34.7 Å². The molecule has 1 amide bonds. The second-order valence-corrected chi connectivity index (χ2v) is 5.81. The second kappa shape index (κ2) is 5.72. The molecular weight excluding hydrogens is 286 g/mol. The van der Waals surface area contributed by atoms with Crippen molar-refractivity contribution in [1.82, 2.24) is 9.78 Å². The molecule has 0 unspecified atom stereocenters. The van der Waals surface area contributed by atoms with Gasteiger partial charge in [0.2, 0.25) is 5.91 Å². The molecule has 1 aliphatic heterocycles. The number of carbonyl (C=O) groups excluding carboxylic acids is 1. The Morgan fingerprint density at radius 3 is 2.48 bits per heavy atom. The van der Waals surface area contributed by atoms with Crippen LogP contribution in [0.4, 0.5) is 5.82 Å². The van der Waals surface area contributed by atoms with E-state index in [9.17, 15) is 4.79 Å². The third kappa shape index (κ3) is 2.63. The molecule has 23 heavy (non-hydrogen) atoms. The molecule has 0 radical (unpaired) electrons. The highest BCUT2D eigenvalue weighted by molar-refractivity contribution is 5.94. The molecule has 2 heterocycles. The minimum Gasteiger partial charge on any atom is -0.311 e. The van der Waals surface area contributed by atoms with Crippen molar-refractivity contribution in [3.8, 4) is 0 Å². The van der Waals surface area contributed by atoms with Crippen LogP contribution >= 0.6 is 0 Å². The highest BCUT2D eigenvalue weighted by Gasteiger charge is 2.29. The van der Waals surface area contributed by atoms with Crippen molar-refractivity contribution in [1.29, 1.82) is 0 Å². The zero-order valence-electron chi connectivity index (χ0n) is 12.6. The first-order valence-electron chi connectivity index (χ1n) is 7.75. The van der Waals surface area contributed by atoms with Gasteiger partial charge < -0.3 is 5.32 Å². The number of rotatable bonds is 3. The first-order valence-corrected chi connectivity index (χ1v) is 7.75. The van der Waals surface area contributed by atoms with E-state index in [-0.39, 0.29) is 11.8 Å². The molecule has 1 aliphatic rings. The Morgan fingerprint density at radius 2 is 1.74 bits per heavy atom. The largest absolute Gasteiger partial charge is 0.311 e. The fourth-order valence-corrected chi connectivity index (χ4v) is 3.13. The normalized spacial score (nSPS) is 16.7. The van der Waals surface area contributed by atoms with Crippen molar-refractivity contribution < 1.29 is 4.79 Å². The van der Waals surface area contributed by atoms with Crippen LogP contribution in [-0.4, -0.2) is 15.7 Å². The highest BCUT2D eigenvalue weighted by atomic mass is 16.1. The summed E-state index contributed by atoms with van der Waals surface area (Å²) in [7, 11) is 0. The number of aromatic nitrogens is 2. The van der Waals surface area contributed by atoms with E-state index in [1.165, 1.54) is 0 Å². The Bertz CT molecular complexity index is 824. The van der Waals surface area contributed by atoms with E-state index in [4.69, 9.17) is 0 Å². The van der Waals surface area contributed by atoms with E-state index in [0.717, 1.165) is 22.5 Å². The van der Waals surface area contributed by atoms with Crippen LogP contribution in [0.25, 0.3) is 0 Å². The second-order valence-electron chi connectivity index (χ2n) is 5.81. The van der Waals surface area contributed by atoms with Gasteiger partial charge >= 0.3 is 0 Å². The lowest BCUT2D eigenvalue weighted by Gasteiger charge is -2.23. The van der Waals surface area contributed by atoms with Gasteiger partial charge in [-0.1, -0.05) is 60.7 Å². The minimum atomic E-state index is 0.0427. The molecule has 2 aromatic carbocycles. The van der Waals surface area contributed by atoms with Crippen LogP contribution < -0.4 is 5.32 Å². The molecule has 1 aromatic heterocycles. The number of carbonyl (C=O) groups is 1. The Morgan fingerprint density at radius 1 is 1.04 bits per heavy atom. The van der Waals surface area contributed by atoms with Crippen LogP contribution in [0.5, 0.6) is 0 Å². The number of fused-ring (bicyclic) bond motifs is 1.